The molecular weight excluding hydrogens is 483 g/mol. The van der Waals surface area contributed by atoms with Crippen LogP contribution in [0, 0.1) is 0 Å². The van der Waals surface area contributed by atoms with Crippen LogP contribution in [0.2, 0.25) is 10.0 Å². The second-order valence-electron chi connectivity index (χ2n) is 7.81. The van der Waals surface area contributed by atoms with E-state index in [0.29, 0.717) is 38.6 Å². The van der Waals surface area contributed by atoms with E-state index in [-0.39, 0.29) is 12.4 Å². The number of phenolic OH excluding ortho intramolecular Hbond substituents is 1. The molecule has 0 spiro atoms. The van der Waals surface area contributed by atoms with Gasteiger partial charge in [0.2, 0.25) is 0 Å². The number of halogens is 2. The van der Waals surface area contributed by atoms with E-state index in [0.717, 1.165) is 16.7 Å². The van der Waals surface area contributed by atoms with Gasteiger partial charge in [0.1, 0.15) is 29.5 Å². The molecule has 7 heteroatoms. The third-order valence-electron chi connectivity index (χ3n) is 5.44. The van der Waals surface area contributed by atoms with Gasteiger partial charge in [-0.25, -0.2) is 0 Å². The maximum atomic E-state index is 10.7. The number of aromatic nitrogens is 2. The predicted octanol–water partition coefficient (Wildman–Crippen LogP) is 8.13. The van der Waals surface area contributed by atoms with E-state index in [4.69, 9.17) is 32.7 Å². The summed E-state index contributed by atoms with van der Waals surface area (Å²) in [7, 11) is 0. The van der Waals surface area contributed by atoms with Crippen LogP contribution in [0.15, 0.2) is 97.2 Å². The second-order valence-corrected chi connectivity index (χ2v) is 8.65. The van der Waals surface area contributed by atoms with Gasteiger partial charge in [0.15, 0.2) is 5.75 Å². The van der Waals surface area contributed by atoms with Gasteiger partial charge in [-0.15, -0.1) is 0 Å². The first-order valence-corrected chi connectivity index (χ1v) is 11.6. The zero-order valence-corrected chi connectivity index (χ0v) is 19.9. The first-order chi connectivity index (χ1) is 17.1. The Balaban J connectivity index is 1.30. The van der Waals surface area contributed by atoms with Crippen LogP contribution in [0.1, 0.15) is 5.56 Å². The third kappa shape index (κ3) is 5.27. The minimum Gasteiger partial charge on any atom is -0.507 e. The fourth-order valence-corrected chi connectivity index (χ4v) is 4.09. The van der Waals surface area contributed by atoms with Crippen molar-refractivity contribution in [2.75, 3.05) is 0 Å². The summed E-state index contributed by atoms with van der Waals surface area (Å²) in [4.78, 5) is 0. The number of aromatic amines is 1. The molecule has 4 aromatic carbocycles. The Labute approximate surface area is 212 Å². The molecule has 5 aromatic rings. The van der Waals surface area contributed by atoms with Crippen molar-refractivity contribution in [3.05, 3.63) is 113 Å². The van der Waals surface area contributed by atoms with E-state index in [1.165, 1.54) is 0 Å². The van der Waals surface area contributed by atoms with Crippen molar-refractivity contribution in [3.8, 4) is 45.4 Å². The number of rotatable bonds is 7. The molecule has 0 fully saturated rings. The van der Waals surface area contributed by atoms with Gasteiger partial charge in [-0.2, -0.15) is 5.10 Å². The van der Waals surface area contributed by atoms with E-state index in [2.05, 4.69) is 22.3 Å². The van der Waals surface area contributed by atoms with Crippen LogP contribution >= 0.6 is 23.2 Å². The quantitative estimate of drug-likeness (QED) is 0.235. The Bertz CT molecular complexity index is 1450. The molecule has 1 heterocycles. The summed E-state index contributed by atoms with van der Waals surface area (Å²) in [5.41, 5.74) is 4.12. The number of ether oxygens (including phenoxy) is 2. The molecule has 0 radical (unpaired) electrons. The molecule has 0 atom stereocenters. The molecule has 0 unspecified atom stereocenters. The van der Waals surface area contributed by atoms with Crippen molar-refractivity contribution in [3.63, 3.8) is 0 Å². The van der Waals surface area contributed by atoms with E-state index in [9.17, 15) is 5.11 Å². The van der Waals surface area contributed by atoms with E-state index >= 15 is 0 Å². The first kappa shape index (κ1) is 22.8. The lowest BCUT2D eigenvalue weighted by Crippen LogP contribution is -1.96. The van der Waals surface area contributed by atoms with Gasteiger partial charge < -0.3 is 14.6 Å². The number of nitrogens with zero attached hydrogens (tertiary/aromatic N) is 1. The molecule has 2 N–H and O–H groups in total. The van der Waals surface area contributed by atoms with Crippen LogP contribution in [-0.2, 0) is 6.61 Å². The molecule has 174 valence electrons. The summed E-state index contributed by atoms with van der Waals surface area (Å²) < 4.78 is 11.8. The smallest absolute Gasteiger partial charge is 0.173 e. The van der Waals surface area contributed by atoms with Crippen LogP contribution in [0.5, 0.6) is 23.0 Å². The second kappa shape index (κ2) is 10.1. The standard InChI is InChI=1S/C28H20Cl2N2O3/c29-21-9-6-20(25(30)14-21)17-34-23-12-13-24(26(33)15-23)28-27(16-31-32-28)35-22-10-7-19(8-11-22)18-4-2-1-3-5-18/h1-16,33H,17H2,(H,31,32). The summed E-state index contributed by atoms with van der Waals surface area (Å²) in [6.45, 7) is 0.242. The van der Waals surface area contributed by atoms with Crippen LogP contribution in [0.3, 0.4) is 0 Å². The maximum absolute atomic E-state index is 10.7. The molecule has 0 aliphatic carbocycles. The number of nitrogens with one attached hydrogen (secondary N) is 1. The summed E-state index contributed by atoms with van der Waals surface area (Å²) in [6, 6.07) is 28.2. The summed E-state index contributed by atoms with van der Waals surface area (Å²) in [5.74, 6) is 1.68. The predicted molar refractivity (Wildman–Crippen MR) is 138 cm³/mol. The Hall–Kier alpha value is -3.93. The van der Waals surface area contributed by atoms with Crippen molar-refractivity contribution < 1.29 is 14.6 Å². The average molecular weight is 503 g/mol. The zero-order chi connectivity index (χ0) is 24.2. The van der Waals surface area contributed by atoms with E-state index in [1.54, 1.807) is 42.6 Å². The Kier molecular flexibility index (Phi) is 6.62. The first-order valence-electron chi connectivity index (χ1n) is 10.8. The third-order valence-corrected chi connectivity index (χ3v) is 6.03. The van der Waals surface area contributed by atoms with Crippen molar-refractivity contribution in [1.82, 2.24) is 10.2 Å². The average Bonchev–Trinajstić information content (AvgIpc) is 3.32. The largest absolute Gasteiger partial charge is 0.507 e. The van der Waals surface area contributed by atoms with Crippen molar-refractivity contribution in [2.45, 2.75) is 6.61 Å². The number of benzene rings is 4. The zero-order valence-electron chi connectivity index (χ0n) is 18.4. The molecule has 5 nitrogen and oxygen atoms in total. The Morgan fingerprint density at radius 1 is 0.800 bits per heavy atom. The molecule has 35 heavy (non-hydrogen) atoms. The normalized spacial score (nSPS) is 10.8. The summed E-state index contributed by atoms with van der Waals surface area (Å²) >= 11 is 12.1. The molecule has 0 bridgehead atoms. The van der Waals surface area contributed by atoms with Gasteiger partial charge in [0.25, 0.3) is 0 Å². The van der Waals surface area contributed by atoms with Gasteiger partial charge in [0.05, 0.1) is 6.20 Å². The lowest BCUT2D eigenvalue weighted by atomic mass is 10.1. The van der Waals surface area contributed by atoms with Gasteiger partial charge in [-0.1, -0.05) is 71.7 Å². The van der Waals surface area contributed by atoms with Gasteiger partial charge in [0, 0.05) is 27.2 Å². The Morgan fingerprint density at radius 2 is 1.54 bits per heavy atom. The highest BCUT2D eigenvalue weighted by Gasteiger charge is 2.15. The number of aromatic hydroxyl groups is 1. The van der Waals surface area contributed by atoms with Crippen LogP contribution < -0.4 is 9.47 Å². The number of phenols is 1. The number of H-pyrrole nitrogens is 1. The van der Waals surface area contributed by atoms with Gasteiger partial charge >= 0.3 is 0 Å². The fraction of sp³-hybridized carbons (Fsp3) is 0.0357. The molecule has 1 aromatic heterocycles. The lowest BCUT2D eigenvalue weighted by Gasteiger charge is -2.11. The van der Waals surface area contributed by atoms with E-state index < -0.39 is 0 Å². The summed E-state index contributed by atoms with van der Waals surface area (Å²) in [6.07, 6.45) is 1.58. The monoisotopic (exact) mass is 502 g/mol. The van der Waals surface area contributed by atoms with Crippen molar-refractivity contribution >= 4 is 23.2 Å². The van der Waals surface area contributed by atoms with Crippen LogP contribution in [0.25, 0.3) is 22.4 Å². The number of hydrogen-bond acceptors (Lipinski definition) is 4. The highest BCUT2D eigenvalue weighted by molar-refractivity contribution is 6.35. The minimum atomic E-state index is 0.0261. The van der Waals surface area contributed by atoms with Crippen LogP contribution in [-0.4, -0.2) is 15.3 Å². The molecular formula is C28H20Cl2N2O3. The molecule has 0 saturated heterocycles. The minimum absolute atomic E-state index is 0.0261. The molecule has 0 amide bonds. The molecule has 0 aliphatic rings. The highest BCUT2D eigenvalue weighted by atomic mass is 35.5. The van der Waals surface area contributed by atoms with Crippen molar-refractivity contribution in [2.24, 2.45) is 0 Å². The molecule has 0 aliphatic heterocycles. The van der Waals surface area contributed by atoms with Gasteiger partial charge in [-0.3, -0.25) is 5.10 Å². The number of hydrogen-bond donors (Lipinski definition) is 2. The Morgan fingerprint density at radius 3 is 2.29 bits per heavy atom. The SMILES string of the molecule is Oc1cc(OCc2ccc(Cl)cc2Cl)ccc1-c1[nH]ncc1Oc1ccc(-c2ccccc2)cc1. The molecule has 0 saturated carbocycles. The maximum Gasteiger partial charge on any atom is 0.173 e. The lowest BCUT2D eigenvalue weighted by molar-refractivity contribution is 0.304. The van der Waals surface area contributed by atoms with Crippen LogP contribution in [0.4, 0.5) is 0 Å². The fourth-order valence-electron chi connectivity index (χ4n) is 3.63. The molecule has 5 rings (SSSR count). The van der Waals surface area contributed by atoms with Gasteiger partial charge in [-0.05, 0) is 47.5 Å². The summed E-state index contributed by atoms with van der Waals surface area (Å²) in [5, 5.41) is 18.8. The van der Waals surface area contributed by atoms with E-state index in [1.807, 2.05) is 42.5 Å². The van der Waals surface area contributed by atoms with Crippen molar-refractivity contribution in [1.29, 1.82) is 0 Å². The topological polar surface area (TPSA) is 67.4 Å². The highest BCUT2D eigenvalue weighted by Crippen LogP contribution is 2.38.